The van der Waals surface area contributed by atoms with Gasteiger partial charge in [0, 0.05) is 21.7 Å². The first-order valence-electron chi connectivity index (χ1n) is 7.06. The van der Waals surface area contributed by atoms with E-state index in [0.717, 1.165) is 0 Å². The van der Waals surface area contributed by atoms with Crippen LogP contribution in [0.5, 0.6) is 0 Å². The van der Waals surface area contributed by atoms with Crippen molar-refractivity contribution in [2.45, 2.75) is 12.5 Å². The van der Waals surface area contributed by atoms with Gasteiger partial charge in [0.2, 0.25) is 0 Å². The van der Waals surface area contributed by atoms with Gasteiger partial charge >= 0.3 is 5.97 Å². The third kappa shape index (κ3) is 3.93. The Morgan fingerprint density at radius 2 is 1.92 bits per heavy atom. The van der Waals surface area contributed by atoms with Gasteiger partial charge in [0.15, 0.2) is 0 Å². The third-order valence-electron chi connectivity index (χ3n) is 3.34. The van der Waals surface area contributed by atoms with Gasteiger partial charge < -0.3 is 9.84 Å². The lowest BCUT2D eigenvalue weighted by molar-refractivity contribution is 0.0600. The lowest BCUT2D eigenvalue weighted by Gasteiger charge is -2.18. The highest BCUT2D eigenvalue weighted by molar-refractivity contribution is 5.89. The molecule has 0 amide bonds. The maximum absolute atomic E-state index is 11.4. The van der Waals surface area contributed by atoms with Gasteiger partial charge in [-0.15, -0.1) is 0 Å². The van der Waals surface area contributed by atoms with Crippen LogP contribution in [0.1, 0.15) is 28.4 Å². The number of hydrogen-bond donors (Lipinski definition) is 1. The molecule has 0 radical (unpaired) electrons. The number of rotatable bonds is 3. The van der Waals surface area contributed by atoms with Crippen LogP contribution in [-0.4, -0.2) is 18.2 Å². The molecule has 0 aliphatic carbocycles. The molecule has 2 aromatic rings. The summed E-state index contributed by atoms with van der Waals surface area (Å²) in [6.45, 7) is 1.52. The van der Waals surface area contributed by atoms with Gasteiger partial charge in [-0.1, -0.05) is 41.2 Å². The van der Waals surface area contributed by atoms with E-state index < -0.39 is 11.6 Å². The number of methoxy groups -OCH3 is 1. The average molecular weight is 321 g/mol. The van der Waals surface area contributed by atoms with Crippen LogP contribution >= 0.6 is 0 Å². The van der Waals surface area contributed by atoms with Gasteiger partial charge in [-0.05, 0) is 36.7 Å². The highest BCUT2D eigenvalue weighted by Crippen LogP contribution is 2.29. The maximum atomic E-state index is 11.4. The van der Waals surface area contributed by atoms with Crippen LogP contribution in [0.2, 0.25) is 0 Å². The van der Waals surface area contributed by atoms with E-state index in [2.05, 4.69) is 26.6 Å². The first kappa shape index (κ1) is 17.1. The van der Waals surface area contributed by atoms with E-state index in [0.29, 0.717) is 22.4 Å². The molecule has 2 rings (SSSR count). The molecule has 0 saturated heterocycles. The van der Waals surface area contributed by atoms with E-state index in [1.54, 1.807) is 48.5 Å². The molecule has 120 valence electrons. The van der Waals surface area contributed by atoms with Crippen molar-refractivity contribution in [3.8, 4) is 11.8 Å². The summed E-state index contributed by atoms with van der Waals surface area (Å²) >= 11 is 0. The molecular weight excluding hydrogens is 306 g/mol. The summed E-state index contributed by atoms with van der Waals surface area (Å²) in [5.74, 6) is 5.18. The standard InChI is InChI=1S/C18H15N3O3/c1-18(23,15-5-3-4-6-16(15)20-21-19)12-11-13-7-9-14(10-8-13)17(22)24-2/h3-10,23H,1-2H3. The number of aliphatic hydroxyl groups is 1. The molecule has 0 saturated carbocycles. The van der Waals surface area contributed by atoms with E-state index in [4.69, 9.17) is 5.53 Å². The fourth-order valence-corrected chi connectivity index (χ4v) is 2.09. The number of benzene rings is 2. The summed E-state index contributed by atoms with van der Waals surface area (Å²) in [4.78, 5) is 14.1. The third-order valence-corrected chi connectivity index (χ3v) is 3.34. The number of ether oxygens (including phenoxy) is 1. The van der Waals surface area contributed by atoms with E-state index in [9.17, 15) is 9.90 Å². The highest BCUT2D eigenvalue weighted by Gasteiger charge is 2.22. The van der Waals surface area contributed by atoms with Crippen LogP contribution in [0.3, 0.4) is 0 Å². The number of nitrogens with zero attached hydrogens (tertiary/aromatic N) is 3. The van der Waals surface area contributed by atoms with Crippen molar-refractivity contribution in [3.05, 3.63) is 75.7 Å². The second kappa shape index (κ2) is 7.34. The number of hydrogen-bond acceptors (Lipinski definition) is 4. The molecule has 0 spiro atoms. The Kier molecular flexibility index (Phi) is 5.23. The smallest absolute Gasteiger partial charge is 0.337 e. The summed E-state index contributed by atoms with van der Waals surface area (Å²) in [5, 5.41) is 14.2. The van der Waals surface area contributed by atoms with Gasteiger partial charge in [0.25, 0.3) is 0 Å². The minimum absolute atomic E-state index is 0.320. The molecule has 0 aliphatic rings. The van der Waals surface area contributed by atoms with Gasteiger partial charge in [0.1, 0.15) is 5.60 Å². The normalized spacial score (nSPS) is 12.1. The van der Waals surface area contributed by atoms with Crippen LogP contribution in [0, 0.1) is 11.8 Å². The van der Waals surface area contributed by atoms with Crippen molar-refractivity contribution >= 4 is 11.7 Å². The number of carbonyl (C=O) groups is 1. The zero-order valence-corrected chi connectivity index (χ0v) is 13.2. The van der Waals surface area contributed by atoms with Crippen LogP contribution in [-0.2, 0) is 10.3 Å². The van der Waals surface area contributed by atoms with Crippen molar-refractivity contribution in [2.75, 3.05) is 7.11 Å². The Labute approximate surface area is 139 Å². The monoisotopic (exact) mass is 321 g/mol. The van der Waals surface area contributed by atoms with E-state index in [1.165, 1.54) is 14.0 Å². The Hall–Kier alpha value is -3.26. The Balaban J connectivity index is 2.32. The summed E-state index contributed by atoms with van der Waals surface area (Å²) in [6, 6.07) is 13.2. The molecule has 0 bridgehead atoms. The molecule has 24 heavy (non-hydrogen) atoms. The molecule has 1 atom stereocenters. The summed E-state index contributed by atoms with van der Waals surface area (Å²) in [6.07, 6.45) is 0. The lowest BCUT2D eigenvalue weighted by atomic mass is 9.94. The van der Waals surface area contributed by atoms with E-state index in [-0.39, 0.29) is 0 Å². The molecule has 2 aromatic carbocycles. The Morgan fingerprint density at radius 1 is 1.25 bits per heavy atom. The first-order chi connectivity index (χ1) is 11.5. The van der Waals surface area contributed by atoms with Gasteiger partial charge in [0.05, 0.1) is 12.7 Å². The molecule has 0 aromatic heterocycles. The van der Waals surface area contributed by atoms with Gasteiger partial charge in [-0.2, -0.15) is 0 Å². The number of azide groups is 1. The zero-order chi connectivity index (χ0) is 17.6. The Morgan fingerprint density at radius 3 is 2.54 bits per heavy atom. The quantitative estimate of drug-likeness (QED) is 0.307. The van der Waals surface area contributed by atoms with Crippen LogP contribution in [0.25, 0.3) is 10.4 Å². The maximum Gasteiger partial charge on any atom is 0.337 e. The van der Waals surface area contributed by atoms with Crippen molar-refractivity contribution in [2.24, 2.45) is 5.11 Å². The minimum atomic E-state index is -1.49. The summed E-state index contributed by atoms with van der Waals surface area (Å²) in [5.41, 5.74) is 8.90. The molecule has 0 aliphatic heterocycles. The van der Waals surface area contributed by atoms with Gasteiger partial charge in [-0.3, -0.25) is 0 Å². The molecule has 6 nitrogen and oxygen atoms in total. The molecule has 1 N–H and O–H groups in total. The lowest BCUT2D eigenvalue weighted by Crippen LogP contribution is -2.18. The summed E-state index contributed by atoms with van der Waals surface area (Å²) < 4.78 is 4.63. The van der Waals surface area contributed by atoms with Crippen LogP contribution in [0.15, 0.2) is 53.6 Å². The van der Waals surface area contributed by atoms with Crippen LogP contribution < -0.4 is 0 Å². The van der Waals surface area contributed by atoms with E-state index >= 15 is 0 Å². The van der Waals surface area contributed by atoms with Gasteiger partial charge in [-0.25, -0.2) is 4.79 Å². The topological polar surface area (TPSA) is 95.3 Å². The highest BCUT2D eigenvalue weighted by atomic mass is 16.5. The predicted octanol–water partition coefficient (Wildman–Crippen LogP) is 3.67. The average Bonchev–Trinajstić information content (AvgIpc) is 2.60. The van der Waals surface area contributed by atoms with Crippen molar-refractivity contribution in [1.29, 1.82) is 0 Å². The second-order valence-corrected chi connectivity index (χ2v) is 5.10. The largest absolute Gasteiger partial charge is 0.465 e. The molecule has 0 heterocycles. The summed E-state index contributed by atoms with van der Waals surface area (Å²) in [7, 11) is 1.31. The minimum Gasteiger partial charge on any atom is -0.465 e. The molecule has 1 unspecified atom stereocenters. The fourth-order valence-electron chi connectivity index (χ4n) is 2.09. The molecular formula is C18H15N3O3. The number of esters is 1. The molecule has 6 heteroatoms. The Bertz CT molecular complexity index is 855. The van der Waals surface area contributed by atoms with Crippen molar-refractivity contribution in [3.63, 3.8) is 0 Å². The fraction of sp³-hybridized carbons (Fsp3) is 0.167. The number of carbonyl (C=O) groups excluding carboxylic acids is 1. The predicted molar refractivity (Wildman–Crippen MR) is 89.5 cm³/mol. The zero-order valence-electron chi connectivity index (χ0n) is 13.2. The van der Waals surface area contributed by atoms with Crippen LogP contribution in [0.4, 0.5) is 5.69 Å². The van der Waals surface area contributed by atoms with E-state index in [1.807, 2.05) is 0 Å². The van der Waals surface area contributed by atoms with Crippen molar-refractivity contribution in [1.82, 2.24) is 0 Å². The second-order valence-electron chi connectivity index (χ2n) is 5.10. The first-order valence-corrected chi connectivity index (χ1v) is 7.06. The molecule has 0 fully saturated rings. The SMILES string of the molecule is COC(=O)c1ccc(C#CC(C)(O)c2ccccc2N=[N+]=[N-])cc1. The van der Waals surface area contributed by atoms with Crippen molar-refractivity contribution < 1.29 is 14.6 Å².